The van der Waals surface area contributed by atoms with Gasteiger partial charge >= 0.3 is 18.2 Å². The van der Waals surface area contributed by atoms with Gasteiger partial charge in [-0.2, -0.15) is 0 Å². The predicted molar refractivity (Wildman–Crippen MR) is 116 cm³/mol. The monoisotopic (exact) mass is 442 g/mol. The Morgan fingerprint density at radius 3 is 2.00 bits per heavy atom. The van der Waals surface area contributed by atoms with Crippen LogP contribution in [-0.4, -0.2) is 46.7 Å². The summed E-state index contributed by atoms with van der Waals surface area (Å²) in [7, 11) is 0. The summed E-state index contributed by atoms with van der Waals surface area (Å²) in [6, 6.07) is 16.7. The molecule has 1 atom stereocenters. The summed E-state index contributed by atoms with van der Waals surface area (Å²) in [6.45, 7) is -0.0339. The van der Waals surface area contributed by atoms with Crippen molar-refractivity contribution in [2.75, 3.05) is 6.54 Å². The van der Waals surface area contributed by atoms with Gasteiger partial charge in [-0.1, -0.05) is 60.7 Å². The summed E-state index contributed by atoms with van der Waals surface area (Å²) in [5, 5.41) is 19.2. The van der Waals surface area contributed by atoms with Gasteiger partial charge < -0.3 is 25.6 Å². The van der Waals surface area contributed by atoms with E-state index in [2.05, 4.69) is 5.32 Å². The van der Waals surface area contributed by atoms with Gasteiger partial charge in [-0.3, -0.25) is 5.41 Å². The van der Waals surface area contributed by atoms with E-state index in [0.717, 1.165) is 16.0 Å². The number of carboxylic acids is 1. The van der Waals surface area contributed by atoms with Crippen molar-refractivity contribution in [3.8, 4) is 0 Å². The van der Waals surface area contributed by atoms with Crippen LogP contribution in [0.2, 0.25) is 0 Å². The third kappa shape index (κ3) is 8.34. The molecule has 5 N–H and O–H groups in total. The molecule has 2 aromatic carbocycles. The third-order valence-electron chi connectivity index (χ3n) is 4.39. The number of nitrogens with zero attached hydrogens (tertiary/aromatic N) is 1. The van der Waals surface area contributed by atoms with Crippen molar-refractivity contribution in [1.29, 1.82) is 5.41 Å². The van der Waals surface area contributed by atoms with E-state index in [1.807, 2.05) is 12.1 Å². The Labute approximate surface area is 185 Å². The lowest BCUT2D eigenvalue weighted by Crippen LogP contribution is -2.44. The molecular formula is C22H26N4O6. The third-order valence-corrected chi connectivity index (χ3v) is 4.39. The van der Waals surface area contributed by atoms with Crippen LogP contribution in [0.5, 0.6) is 0 Å². The highest BCUT2D eigenvalue weighted by atomic mass is 16.6. The summed E-state index contributed by atoms with van der Waals surface area (Å²) >= 11 is 0. The Bertz CT molecular complexity index is 907. The average molecular weight is 442 g/mol. The Morgan fingerprint density at radius 1 is 0.969 bits per heavy atom. The van der Waals surface area contributed by atoms with Crippen molar-refractivity contribution in [3.63, 3.8) is 0 Å². The molecule has 0 aromatic heterocycles. The molecule has 0 aliphatic carbocycles. The van der Waals surface area contributed by atoms with Gasteiger partial charge in [0.2, 0.25) is 0 Å². The van der Waals surface area contributed by atoms with Crippen LogP contribution in [0.25, 0.3) is 0 Å². The van der Waals surface area contributed by atoms with E-state index in [0.29, 0.717) is 0 Å². The van der Waals surface area contributed by atoms with Crippen LogP contribution >= 0.6 is 0 Å². The van der Waals surface area contributed by atoms with Crippen LogP contribution in [0, 0.1) is 5.41 Å². The summed E-state index contributed by atoms with van der Waals surface area (Å²) in [4.78, 5) is 36.5. The maximum absolute atomic E-state index is 12.2. The fraction of sp³-hybridized carbons (Fsp3) is 0.273. The number of hydrogen-bond donors (Lipinski definition) is 4. The topological polar surface area (TPSA) is 155 Å². The minimum atomic E-state index is -1.25. The van der Waals surface area contributed by atoms with Crippen molar-refractivity contribution in [2.45, 2.75) is 32.1 Å². The maximum atomic E-state index is 12.2. The molecule has 0 fully saturated rings. The van der Waals surface area contributed by atoms with E-state index in [1.54, 1.807) is 48.5 Å². The molecule has 2 amide bonds. The smallest absolute Gasteiger partial charge is 0.416 e. The molecule has 0 aliphatic rings. The lowest BCUT2D eigenvalue weighted by molar-refractivity contribution is -0.139. The highest BCUT2D eigenvalue weighted by Crippen LogP contribution is 2.07. The number of carbonyl (C=O) groups excluding carboxylic acids is 2. The summed E-state index contributed by atoms with van der Waals surface area (Å²) in [5.74, 6) is -1.77. The summed E-state index contributed by atoms with van der Waals surface area (Å²) in [6.07, 6.45) is -1.54. The first-order chi connectivity index (χ1) is 15.4. The van der Waals surface area contributed by atoms with Gasteiger partial charge in [-0.25, -0.2) is 19.3 Å². The second-order valence-electron chi connectivity index (χ2n) is 6.82. The first kappa shape index (κ1) is 24.2. The SMILES string of the molecule is N=C(N)N(CCC[C@@H](NC(=O)OCc1ccccc1)C(=O)O)C(=O)OCc1ccccc1. The van der Waals surface area contributed by atoms with E-state index in [9.17, 15) is 19.5 Å². The largest absolute Gasteiger partial charge is 0.480 e. The van der Waals surface area contributed by atoms with Crippen molar-refractivity contribution in [1.82, 2.24) is 10.2 Å². The number of hydrogen-bond acceptors (Lipinski definition) is 6. The lowest BCUT2D eigenvalue weighted by atomic mass is 10.1. The minimum absolute atomic E-state index is 0.00435. The number of nitrogens with one attached hydrogen (secondary N) is 2. The lowest BCUT2D eigenvalue weighted by Gasteiger charge is -2.21. The number of amides is 2. The van der Waals surface area contributed by atoms with Gasteiger partial charge in [0.1, 0.15) is 19.3 Å². The van der Waals surface area contributed by atoms with Crippen LogP contribution < -0.4 is 11.1 Å². The van der Waals surface area contributed by atoms with E-state index < -0.39 is 30.2 Å². The first-order valence-corrected chi connectivity index (χ1v) is 9.89. The number of rotatable bonds is 10. The van der Waals surface area contributed by atoms with E-state index >= 15 is 0 Å². The zero-order valence-electron chi connectivity index (χ0n) is 17.4. The fourth-order valence-electron chi connectivity index (χ4n) is 2.73. The summed E-state index contributed by atoms with van der Waals surface area (Å²) < 4.78 is 10.2. The predicted octanol–water partition coefficient (Wildman–Crippen LogP) is 2.68. The molecule has 10 heteroatoms. The van der Waals surface area contributed by atoms with Gasteiger partial charge in [-0.05, 0) is 24.0 Å². The maximum Gasteiger partial charge on any atom is 0.416 e. The van der Waals surface area contributed by atoms with Crippen LogP contribution in [-0.2, 0) is 27.5 Å². The van der Waals surface area contributed by atoms with Crippen LogP contribution in [0.1, 0.15) is 24.0 Å². The minimum Gasteiger partial charge on any atom is -0.480 e. The molecule has 170 valence electrons. The Hall–Kier alpha value is -4.08. The van der Waals surface area contributed by atoms with E-state index in [4.69, 9.17) is 20.6 Å². The van der Waals surface area contributed by atoms with Crippen molar-refractivity contribution in [2.24, 2.45) is 5.73 Å². The molecule has 0 saturated carbocycles. The van der Waals surface area contributed by atoms with Gasteiger partial charge in [0.25, 0.3) is 0 Å². The molecule has 32 heavy (non-hydrogen) atoms. The van der Waals surface area contributed by atoms with Crippen LogP contribution in [0.3, 0.4) is 0 Å². The molecule has 0 spiro atoms. The highest BCUT2D eigenvalue weighted by Gasteiger charge is 2.23. The van der Waals surface area contributed by atoms with Crippen molar-refractivity contribution >= 4 is 24.1 Å². The van der Waals surface area contributed by atoms with Gasteiger partial charge in [-0.15, -0.1) is 0 Å². The van der Waals surface area contributed by atoms with Gasteiger partial charge in [0.05, 0.1) is 0 Å². The molecule has 0 aliphatic heterocycles. The Morgan fingerprint density at radius 2 is 1.50 bits per heavy atom. The average Bonchev–Trinajstić information content (AvgIpc) is 2.79. The normalized spacial score (nSPS) is 11.1. The zero-order valence-corrected chi connectivity index (χ0v) is 17.4. The number of carbonyl (C=O) groups is 3. The van der Waals surface area contributed by atoms with Gasteiger partial charge in [0.15, 0.2) is 5.96 Å². The number of guanidine groups is 1. The first-order valence-electron chi connectivity index (χ1n) is 9.89. The molecule has 2 aromatic rings. The molecule has 0 bridgehead atoms. The number of benzene rings is 2. The number of aliphatic carboxylic acids is 1. The van der Waals surface area contributed by atoms with Crippen molar-refractivity contribution < 1.29 is 29.0 Å². The number of carboxylic acid groups (broad SMARTS) is 1. The Kier molecular flexibility index (Phi) is 9.51. The molecular weight excluding hydrogens is 416 g/mol. The summed E-state index contributed by atoms with van der Waals surface area (Å²) in [5.41, 5.74) is 7.00. The number of nitrogens with two attached hydrogens (primary N) is 1. The van der Waals surface area contributed by atoms with Crippen LogP contribution in [0.4, 0.5) is 9.59 Å². The Balaban J connectivity index is 1.80. The highest BCUT2D eigenvalue weighted by molar-refractivity contribution is 5.91. The zero-order chi connectivity index (χ0) is 23.3. The van der Waals surface area contributed by atoms with E-state index in [1.165, 1.54) is 0 Å². The molecule has 0 saturated heterocycles. The number of ether oxygens (including phenoxy) is 2. The number of alkyl carbamates (subject to hydrolysis) is 1. The fourth-order valence-corrected chi connectivity index (χ4v) is 2.73. The van der Waals surface area contributed by atoms with Gasteiger partial charge in [0, 0.05) is 6.54 Å². The quantitative estimate of drug-likeness (QED) is 0.326. The molecule has 2 rings (SSSR count). The molecule has 0 heterocycles. The van der Waals surface area contributed by atoms with Crippen molar-refractivity contribution in [3.05, 3.63) is 71.8 Å². The second kappa shape index (κ2) is 12.6. The molecule has 0 unspecified atom stereocenters. The van der Waals surface area contributed by atoms with Crippen LogP contribution in [0.15, 0.2) is 60.7 Å². The molecule has 10 nitrogen and oxygen atoms in total. The second-order valence-corrected chi connectivity index (χ2v) is 6.82. The standard InChI is InChI=1S/C22H26N4O6/c23-20(24)26(22(30)32-15-17-10-5-2-6-11-17)13-7-12-18(19(27)28)25-21(29)31-14-16-8-3-1-4-9-16/h1-6,8-11,18H,7,12-15H2,(H3,23,24)(H,25,29)(H,27,28)/t18-/m1/s1. The molecule has 0 radical (unpaired) electrons. The van der Waals surface area contributed by atoms with E-state index in [-0.39, 0.29) is 32.6 Å².